The molecule has 2 aromatic heterocycles. The van der Waals surface area contributed by atoms with Crippen LogP contribution in [0.15, 0.2) is 67.1 Å². The number of methoxy groups -OCH3 is 1. The van der Waals surface area contributed by atoms with Crippen LogP contribution in [0.4, 0.5) is 17.2 Å². The fraction of sp³-hybridized carbons (Fsp3) is 0.227. The van der Waals surface area contributed by atoms with Crippen molar-refractivity contribution in [1.82, 2.24) is 9.97 Å². The summed E-state index contributed by atoms with van der Waals surface area (Å²) in [6, 6.07) is 15.0. The van der Waals surface area contributed by atoms with E-state index < -0.39 is 0 Å². The van der Waals surface area contributed by atoms with Crippen LogP contribution in [0.2, 0.25) is 0 Å². The molecule has 0 saturated heterocycles. The lowest BCUT2D eigenvalue weighted by atomic mass is 10.1. The summed E-state index contributed by atoms with van der Waals surface area (Å²) in [5, 5.41) is 6.16. The summed E-state index contributed by atoms with van der Waals surface area (Å²) in [7, 11) is 3.65. The number of benzene rings is 1. The number of carbonyl (C=O) groups excluding carboxylic acids is 1. The van der Waals surface area contributed by atoms with Crippen LogP contribution in [0.3, 0.4) is 0 Å². The lowest BCUT2D eigenvalue weighted by Crippen LogP contribution is -2.22. The molecule has 7 heteroatoms. The Labute approximate surface area is 170 Å². The minimum absolute atomic E-state index is 0.215. The standard InChI is InChI=1S/C22H25N5O2/c1-27(12-13-29-2)18-9-10-21(25-16-18)26-22(28)19-7-3-4-8-20(19)24-15-17-6-5-11-23-14-17/h3-11,14,16,24H,12-13,15H2,1-2H3,(H,25,26,28). The van der Waals surface area contributed by atoms with Crippen LogP contribution >= 0.6 is 0 Å². The van der Waals surface area contributed by atoms with Gasteiger partial charge in [0.05, 0.1) is 24.1 Å². The van der Waals surface area contributed by atoms with Crippen molar-refractivity contribution < 1.29 is 9.53 Å². The van der Waals surface area contributed by atoms with Crippen molar-refractivity contribution in [2.75, 3.05) is 42.8 Å². The van der Waals surface area contributed by atoms with Crippen molar-refractivity contribution in [2.24, 2.45) is 0 Å². The molecular formula is C22H25N5O2. The number of likely N-dealkylation sites (N-methyl/N-ethyl adjacent to an activating group) is 1. The summed E-state index contributed by atoms with van der Waals surface area (Å²) >= 11 is 0. The van der Waals surface area contributed by atoms with E-state index in [0.717, 1.165) is 23.5 Å². The third-order valence-electron chi connectivity index (χ3n) is 4.44. The monoisotopic (exact) mass is 391 g/mol. The molecule has 0 bridgehead atoms. The molecule has 2 N–H and O–H groups in total. The van der Waals surface area contributed by atoms with Crippen LogP contribution in [0.5, 0.6) is 0 Å². The first-order valence-electron chi connectivity index (χ1n) is 9.36. The molecule has 150 valence electrons. The van der Waals surface area contributed by atoms with Crippen LogP contribution in [0.25, 0.3) is 0 Å². The number of nitrogens with zero attached hydrogens (tertiary/aromatic N) is 3. The fourth-order valence-electron chi connectivity index (χ4n) is 2.76. The Bertz CT molecular complexity index is 916. The topological polar surface area (TPSA) is 79.4 Å². The van der Waals surface area contributed by atoms with Crippen LogP contribution in [-0.2, 0) is 11.3 Å². The second-order valence-corrected chi connectivity index (χ2v) is 6.53. The number of hydrogen-bond acceptors (Lipinski definition) is 6. The van der Waals surface area contributed by atoms with Crippen LogP contribution in [0, 0.1) is 0 Å². The van der Waals surface area contributed by atoms with Gasteiger partial charge in [-0.05, 0) is 35.9 Å². The Morgan fingerprint density at radius 1 is 1.10 bits per heavy atom. The van der Waals surface area contributed by atoms with Crippen molar-refractivity contribution in [1.29, 1.82) is 0 Å². The van der Waals surface area contributed by atoms with Gasteiger partial charge in [0.25, 0.3) is 5.91 Å². The first-order valence-corrected chi connectivity index (χ1v) is 9.36. The molecule has 1 aromatic carbocycles. The average Bonchev–Trinajstić information content (AvgIpc) is 2.77. The lowest BCUT2D eigenvalue weighted by molar-refractivity contribution is 0.102. The number of ether oxygens (including phenoxy) is 1. The number of amides is 1. The smallest absolute Gasteiger partial charge is 0.258 e. The Morgan fingerprint density at radius 2 is 1.97 bits per heavy atom. The van der Waals surface area contributed by atoms with Gasteiger partial charge in [0.1, 0.15) is 5.82 Å². The molecular weight excluding hydrogens is 366 g/mol. The van der Waals surface area contributed by atoms with Crippen molar-refractivity contribution in [3.8, 4) is 0 Å². The highest BCUT2D eigenvalue weighted by molar-refractivity contribution is 6.07. The molecule has 0 saturated carbocycles. The van der Waals surface area contributed by atoms with E-state index in [4.69, 9.17) is 4.74 Å². The van der Waals surface area contributed by atoms with Gasteiger partial charge >= 0.3 is 0 Å². The third kappa shape index (κ3) is 5.76. The van der Waals surface area contributed by atoms with Gasteiger partial charge in [-0.15, -0.1) is 0 Å². The molecule has 0 aliphatic heterocycles. The molecule has 0 atom stereocenters. The Balaban J connectivity index is 1.65. The minimum Gasteiger partial charge on any atom is -0.383 e. The Hall–Kier alpha value is -3.45. The second kappa shape index (κ2) is 10.2. The van der Waals surface area contributed by atoms with Crippen LogP contribution in [0.1, 0.15) is 15.9 Å². The quantitative estimate of drug-likeness (QED) is 0.582. The zero-order valence-electron chi connectivity index (χ0n) is 16.6. The number of para-hydroxylation sites is 1. The number of rotatable bonds is 9. The van der Waals surface area contributed by atoms with E-state index in [9.17, 15) is 4.79 Å². The maximum atomic E-state index is 12.8. The largest absolute Gasteiger partial charge is 0.383 e. The molecule has 0 aliphatic carbocycles. The van der Waals surface area contributed by atoms with E-state index >= 15 is 0 Å². The zero-order valence-corrected chi connectivity index (χ0v) is 16.6. The summed E-state index contributed by atoms with van der Waals surface area (Å²) in [5.41, 5.74) is 3.31. The summed E-state index contributed by atoms with van der Waals surface area (Å²) in [6.07, 6.45) is 5.27. The molecule has 3 aromatic rings. The third-order valence-corrected chi connectivity index (χ3v) is 4.44. The molecule has 7 nitrogen and oxygen atoms in total. The molecule has 2 heterocycles. The molecule has 1 amide bonds. The highest BCUT2D eigenvalue weighted by atomic mass is 16.5. The SMILES string of the molecule is COCCN(C)c1ccc(NC(=O)c2ccccc2NCc2cccnc2)nc1. The molecule has 0 fully saturated rings. The van der Waals surface area contributed by atoms with Crippen molar-refractivity contribution in [2.45, 2.75) is 6.54 Å². The van der Waals surface area contributed by atoms with E-state index in [1.54, 1.807) is 37.8 Å². The van der Waals surface area contributed by atoms with Gasteiger partial charge in [0, 0.05) is 45.3 Å². The Morgan fingerprint density at radius 3 is 2.69 bits per heavy atom. The number of carbonyl (C=O) groups is 1. The van der Waals surface area contributed by atoms with Gasteiger partial charge in [0.15, 0.2) is 0 Å². The summed E-state index contributed by atoms with van der Waals surface area (Å²) < 4.78 is 5.09. The molecule has 3 rings (SSSR count). The lowest BCUT2D eigenvalue weighted by Gasteiger charge is -2.18. The van der Waals surface area contributed by atoms with Gasteiger partial charge < -0.3 is 20.3 Å². The van der Waals surface area contributed by atoms with Gasteiger partial charge in [-0.25, -0.2) is 4.98 Å². The average molecular weight is 391 g/mol. The fourth-order valence-corrected chi connectivity index (χ4v) is 2.76. The zero-order chi connectivity index (χ0) is 20.5. The van der Waals surface area contributed by atoms with E-state index in [1.165, 1.54) is 0 Å². The van der Waals surface area contributed by atoms with Crippen LogP contribution < -0.4 is 15.5 Å². The number of pyridine rings is 2. The highest BCUT2D eigenvalue weighted by Gasteiger charge is 2.12. The molecule has 0 spiro atoms. The van der Waals surface area contributed by atoms with E-state index in [-0.39, 0.29) is 5.91 Å². The van der Waals surface area contributed by atoms with Gasteiger partial charge in [-0.2, -0.15) is 0 Å². The van der Waals surface area contributed by atoms with E-state index in [0.29, 0.717) is 24.5 Å². The minimum atomic E-state index is -0.215. The maximum Gasteiger partial charge on any atom is 0.258 e. The first kappa shape index (κ1) is 20.3. The summed E-state index contributed by atoms with van der Waals surface area (Å²) in [5.74, 6) is 0.285. The van der Waals surface area contributed by atoms with Gasteiger partial charge in [-0.1, -0.05) is 18.2 Å². The normalized spacial score (nSPS) is 10.4. The molecule has 0 radical (unpaired) electrons. The van der Waals surface area contributed by atoms with Crippen LogP contribution in [-0.4, -0.2) is 43.2 Å². The predicted molar refractivity (Wildman–Crippen MR) is 115 cm³/mol. The molecule has 0 unspecified atom stereocenters. The summed E-state index contributed by atoms with van der Waals surface area (Å²) in [4.78, 5) is 23.3. The molecule has 0 aliphatic rings. The number of anilines is 3. The maximum absolute atomic E-state index is 12.8. The number of hydrogen-bond donors (Lipinski definition) is 2. The van der Waals surface area contributed by atoms with E-state index in [1.807, 2.05) is 48.3 Å². The van der Waals surface area contributed by atoms with Crippen molar-refractivity contribution in [3.05, 3.63) is 78.2 Å². The predicted octanol–water partition coefficient (Wildman–Crippen LogP) is 3.42. The van der Waals surface area contributed by atoms with Crippen molar-refractivity contribution in [3.63, 3.8) is 0 Å². The summed E-state index contributed by atoms with van der Waals surface area (Å²) in [6.45, 7) is 1.98. The second-order valence-electron chi connectivity index (χ2n) is 6.53. The van der Waals surface area contributed by atoms with Gasteiger partial charge in [0.2, 0.25) is 0 Å². The first-order chi connectivity index (χ1) is 14.2. The Kier molecular flexibility index (Phi) is 7.13. The highest BCUT2D eigenvalue weighted by Crippen LogP contribution is 2.19. The van der Waals surface area contributed by atoms with Gasteiger partial charge in [-0.3, -0.25) is 9.78 Å². The van der Waals surface area contributed by atoms with E-state index in [2.05, 4.69) is 20.6 Å². The number of aromatic nitrogens is 2. The number of nitrogens with one attached hydrogen (secondary N) is 2. The van der Waals surface area contributed by atoms with Crippen molar-refractivity contribution >= 4 is 23.1 Å². The molecule has 29 heavy (non-hydrogen) atoms.